The molecule has 1 aliphatic heterocycles. The number of carbonyl (C=O) groups excluding carboxylic acids is 1. The molecule has 1 aromatic carbocycles. The monoisotopic (exact) mass is 385 g/mol. The van der Waals surface area contributed by atoms with Crippen molar-refractivity contribution in [3.63, 3.8) is 0 Å². The molecule has 0 spiro atoms. The highest BCUT2D eigenvalue weighted by atomic mass is 32.2. The third-order valence-corrected chi connectivity index (χ3v) is 5.23. The average molecular weight is 385 g/mol. The van der Waals surface area contributed by atoms with Gasteiger partial charge < -0.3 is 10.4 Å². The zero-order chi connectivity index (χ0) is 18.9. The van der Waals surface area contributed by atoms with Crippen LogP contribution in [0.5, 0.6) is 0 Å². The van der Waals surface area contributed by atoms with Gasteiger partial charge in [0, 0.05) is 11.9 Å². The van der Waals surface area contributed by atoms with Crippen molar-refractivity contribution in [2.24, 2.45) is 0 Å². The lowest BCUT2D eigenvalue weighted by Crippen LogP contribution is -2.54. The number of rotatable bonds is 4. The highest BCUT2D eigenvalue weighted by molar-refractivity contribution is 7.99. The number of benzene rings is 1. The van der Waals surface area contributed by atoms with E-state index in [1.165, 1.54) is 36.2 Å². The Morgan fingerprint density at radius 3 is 2.69 bits per heavy atom. The fourth-order valence-electron chi connectivity index (χ4n) is 2.58. The molecule has 1 saturated heterocycles. The quantitative estimate of drug-likeness (QED) is 0.845. The average Bonchev–Trinajstić information content (AvgIpc) is 3.24. The van der Waals surface area contributed by atoms with Gasteiger partial charge in [-0.2, -0.15) is 30.0 Å². The van der Waals surface area contributed by atoms with Crippen molar-refractivity contribution in [1.29, 1.82) is 0 Å². The minimum atomic E-state index is -4.49. The molecule has 2 aromatic rings. The summed E-state index contributed by atoms with van der Waals surface area (Å²) >= 11 is 1.42. The minimum absolute atomic E-state index is 0.0695. The van der Waals surface area contributed by atoms with Crippen LogP contribution in [0, 0.1) is 0 Å². The van der Waals surface area contributed by atoms with E-state index < -0.39 is 29.2 Å². The molecule has 1 amide bonds. The van der Waals surface area contributed by atoms with E-state index in [9.17, 15) is 27.9 Å². The molecule has 1 aliphatic rings. The third kappa shape index (κ3) is 3.55. The number of amides is 1. The predicted molar refractivity (Wildman–Crippen MR) is 88.3 cm³/mol. The molecule has 26 heavy (non-hydrogen) atoms. The van der Waals surface area contributed by atoms with Crippen LogP contribution in [0.2, 0.25) is 0 Å². The fourth-order valence-corrected chi connectivity index (χ4v) is 3.91. The molecule has 2 N–H and O–H groups in total. The second-order valence-electron chi connectivity index (χ2n) is 5.84. The first-order chi connectivity index (χ1) is 12.2. The van der Waals surface area contributed by atoms with E-state index in [0.29, 0.717) is 12.2 Å². The van der Waals surface area contributed by atoms with Gasteiger partial charge in [0.25, 0.3) is 5.91 Å². The summed E-state index contributed by atoms with van der Waals surface area (Å²) in [5.74, 6) is -0.929. The molecule has 1 atom stereocenters. The summed E-state index contributed by atoms with van der Waals surface area (Å²) in [5, 5.41) is 15.9. The summed E-state index contributed by atoms with van der Waals surface area (Å²) in [6.45, 7) is 0. The summed E-state index contributed by atoms with van der Waals surface area (Å²) in [6.07, 6.45) is -2.84. The first kappa shape index (κ1) is 18.3. The van der Waals surface area contributed by atoms with Gasteiger partial charge in [0.15, 0.2) is 5.69 Å². The summed E-state index contributed by atoms with van der Waals surface area (Å²) < 4.78 is 39.6. The molecule has 0 bridgehead atoms. The number of hydrogen-bond donors (Lipinski definition) is 2. The van der Waals surface area contributed by atoms with Crippen molar-refractivity contribution in [2.45, 2.75) is 18.1 Å². The van der Waals surface area contributed by atoms with Crippen LogP contribution in [0.4, 0.5) is 13.2 Å². The number of carbonyl (C=O) groups is 2. The molecule has 10 heteroatoms. The second-order valence-corrected chi connectivity index (χ2v) is 6.94. The zero-order valence-electron chi connectivity index (χ0n) is 13.3. The maximum absolute atomic E-state index is 12.8. The van der Waals surface area contributed by atoms with Crippen LogP contribution >= 0.6 is 11.8 Å². The highest BCUT2D eigenvalue weighted by Gasteiger charge is 2.43. The van der Waals surface area contributed by atoms with E-state index >= 15 is 0 Å². The Labute approximate surface area is 150 Å². The number of halogens is 3. The van der Waals surface area contributed by atoms with Gasteiger partial charge in [-0.3, -0.25) is 4.79 Å². The van der Waals surface area contributed by atoms with E-state index in [4.69, 9.17) is 0 Å². The highest BCUT2D eigenvalue weighted by Crippen LogP contribution is 2.30. The number of aromatic nitrogens is 2. The fraction of sp³-hybridized carbons (Fsp3) is 0.312. The maximum Gasteiger partial charge on any atom is 0.416 e. The van der Waals surface area contributed by atoms with Crippen molar-refractivity contribution < 1.29 is 27.9 Å². The minimum Gasteiger partial charge on any atom is -0.479 e. The molecule has 1 aromatic heterocycles. The molecule has 1 unspecified atom stereocenters. The molecule has 3 rings (SSSR count). The third-order valence-electron chi connectivity index (χ3n) is 4.04. The SMILES string of the molecule is O=C(NC1(C(=O)O)CCSC1)c1ccn(-c2cccc(C(F)(F)F)c2)n1. The lowest BCUT2D eigenvalue weighted by Gasteiger charge is -2.23. The normalized spacial score (nSPS) is 20.1. The number of alkyl halides is 3. The van der Waals surface area contributed by atoms with Crippen LogP contribution in [-0.2, 0) is 11.0 Å². The largest absolute Gasteiger partial charge is 0.479 e. The smallest absolute Gasteiger partial charge is 0.416 e. The summed E-state index contributed by atoms with van der Waals surface area (Å²) in [5.41, 5.74) is -2.10. The van der Waals surface area contributed by atoms with E-state index in [0.717, 1.165) is 16.8 Å². The summed E-state index contributed by atoms with van der Waals surface area (Å²) in [7, 11) is 0. The molecular weight excluding hydrogens is 371 g/mol. The van der Waals surface area contributed by atoms with Crippen molar-refractivity contribution in [2.75, 3.05) is 11.5 Å². The standard InChI is InChI=1S/C16H14F3N3O3S/c17-16(18,19)10-2-1-3-11(8-10)22-6-4-12(21-22)13(23)20-15(14(24)25)5-7-26-9-15/h1-4,6,8H,5,7,9H2,(H,20,23)(H,24,25). The number of hydrogen-bond acceptors (Lipinski definition) is 4. The predicted octanol–water partition coefficient (Wildman–Crippen LogP) is 2.58. The maximum atomic E-state index is 12.8. The Morgan fingerprint density at radius 2 is 2.08 bits per heavy atom. The van der Waals surface area contributed by atoms with Crippen LogP contribution in [-0.4, -0.2) is 43.8 Å². The van der Waals surface area contributed by atoms with E-state index in [2.05, 4.69) is 10.4 Å². The van der Waals surface area contributed by atoms with Gasteiger partial charge >= 0.3 is 12.1 Å². The van der Waals surface area contributed by atoms with Crippen molar-refractivity contribution in [1.82, 2.24) is 15.1 Å². The van der Waals surface area contributed by atoms with Gasteiger partial charge in [0.05, 0.1) is 11.3 Å². The van der Waals surface area contributed by atoms with Crippen LogP contribution in [0.3, 0.4) is 0 Å². The zero-order valence-corrected chi connectivity index (χ0v) is 14.1. The Hall–Kier alpha value is -2.49. The number of carboxylic acids is 1. The number of carboxylic acid groups (broad SMARTS) is 1. The van der Waals surface area contributed by atoms with E-state index in [-0.39, 0.29) is 17.1 Å². The lowest BCUT2D eigenvalue weighted by atomic mass is 9.99. The van der Waals surface area contributed by atoms with Gasteiger partial charge in [0.1, 0.15) is 5.54 Å². The van der Waals surface area contributed by atoms with Crippen LogP contribution < -0.4 is 5.32 Å². The van der Waals surface area contributed by atoms with Gasteiger partial charge in [0.2, 0.25) is 0 Å². The number of nitrogens with one attached hydrogen (secondary N) is 1. The molecule has 0 radical (unpaired) electrons. The van der Waals surface area contributed by atoms with Crippen LogP contribution in [0.1, 0.15) is 22.5 Å². The molecule has 6 nitrogen and oxygen atoms in total. The first-order valence-electron chi connectivity index (χ1n) is 7.58. The summed E-state index contributed by atoms with van der Waals surface area (Å²) in [4.78, 5) is 23.8. The number of thioether (sulfide) groups is 1. The molecule has 138 valence electrons. The molecule has 0 aliphatic carbocycles. The first-order valence-corrected chi connectivity index (χ1v) is 8.74. The second kappa shape index (κ2) is 6.67. The van der Waals surface area contributed by atoms with Gasteiger partial charge in [-0.1, -0.05) is 6.07 Å². The number of nitrogens with zero attached hydrogens (tertiary/aromatic N) is 2. The van der Waals surface area contributed by atoms with Crippen molar-refractivity contribution >= 4 is 23.6 Å². The van der Waals surface area contributed by atoms with Crippen LogP contribution in [0.15, 0.2) is 36.5 Å². The molecular formula is C16H14F3N3O3S. The van der Waals surface area contributed by atoms with Gasteiger partial charge in [-0.15, -0.1) is 0 Å². The van der Waals surface area contributed by atoms with Crippen LogP contribution in [0.25, 0.3) is 5.69 Å². The Bertz CT molecular complexity index is 845. The van der Waals surface area contributed by atoms with Crippen molar-refractivity contribution in [3.05, 3.63) is 47.8 Å². The van der Waals surface area contributed by atoms with Gasteiger partial charge in [-0.25, -0.2) is 9.48 Å². The van der Waals surface area contributed by atoms with E-state index in [1.807, 2.05) is 0 Å². The van der Waals surface area contributed by atoms with E-state index in [1.54, 1.807) is 0 Å². The number of aliphatic carboxylic acids is 1. The lowest BCUT2D eigenvalue weighted by molar-refractivity contribution is -0.143. The van der Waals surface area contributed by atoms with Crippen molar-refractivity contribution in [3.8, 4) is 5.69 Å². The molecule has 2 heterocycles. The summed E-state index contributed by atoms with van der Waals surface area (Å²) in [6, 6.07) is 5.86. The topological polar surface area (TPSA) is 84.2 Å². The Morgan fingerprint density at radius 1 is 1.31 bits per heavy atom. The van der Waals surface area contributed by atoms with Gasteiger partial charge in [-0.05, 0) is 36.4 Å². The molecule has 1 fully saturated rings. The Balaban J connectivity index is 1.82. The Kier molecular flexibility index (Phi) is 4.70. The molecule has 0 saturated carbocycles.